The van der Waals surface area contributed by atoms with Gasteiger partial charge in [-0.2, -0.15) is 0 Å². The molecule has 0 radical (unpaired) electrons. The molecule has 0 heterocycles. The summed E-state index contributed by atoms with van der Waals surface area (Å²) in [7, 11) is 1.36. The standard InChI is InChI=1S/C16H14O2.C3H6/c1-18-16(17)9-5-2-6-13-10-11-14-7-3-4-8-15(14)12-13;1-2-3-1/h2-12H,1H3;1-3H2. The van der Waals surface area contributed by atoms with E-state index < -0.39 is 0 Å². The first-order chi connectivity index (χ1) is 10.3. The maximum atomic E-state index is 10.9. The lowest BCUT2D eigenvalue weighted by Crippen LogP contribution is -1.92. The minimum Gasteiger partial charge on any atom is -0.466 e. The fraction of sp³-hybridized carbons (Fsp3) is 0.211. The van der Waals surface area contributed by atoms with Gasteiger partial charge in [-0.25, -0.2) is 4.79 Å². The average molecular weight is 280 g/mol. The van der Waals surface area contributed by atoms with Gasteiger partial charge in [0.05, 0.1) is 7.11 Å². The van der Waals surface area contributed by atoms with Crippen molar-refractivity contribution in [1.29, 1.82) is 0 Å². The van der Waals surface area contributed by atoms with Crippen LogP contribution in [0.2, 0.25) is 0 Å². The molecule has 0 aliphatic heterocycles. The fourth-order valence-electron chi connectivity index (χ4n) is 1.68. The molecule has 1 fully saturated rings. The third-order valence-electron chi connectivity index (χ3n) is 2.96. The molecule has 1 aliphatic rings. The normalized spacial score (nSPS) is 13.2. The van der Waals surface area contributed by atoms with Crippen molar-refractivity contribution in [3.8, 4) is 0 Å². The first kappa shape index (κ1) is 15.0. The lowest BCUT2D eigenvalue weighted by Gasteiger charge is -1.98. The van der Waals surface area contributed by atoms with E-state index in [1.54, 1.807) is 6.08 Å². The Morgan fingerprint density at radius 2 is 1.71 bits per heavy atom. The van der Waals surface area contributed by atoms with Gasteiger partial charge < -0.3 is 4.74 Å². The number of allylic oxidation sites excluding steroid dienone is 2. The predicted molar refractivity (Wildman–Crippen MR) is 88.0 cm³/mol. The molecule has 3 rings (SSSR count). The van der Waals surface area contributed by atoms with Gasteiger partial charge in [0.25, 0.3) is 0 Å². The third-order valence-corrected chi connectivity index (χ3v) is 2.96. The number of rotatable bonds is 3. The van der Waals surface area contributed by atoms with Crippen molar-refractivity contribution in [2.75, 3.05) is 7.11 Å². The number of benzene rings is 2. The number of methoxy groups -OCH3 is 1. The molecule has 1 saturated carbocycles. The Bertz CT molecular complexity index is 649. The SMILES string of the molecule is C1CC1.COC(=O)C=CC=Cc1ccc2ccccc2c1. The monoisotopic (exact) mass is 280 g/mol. The molecule has 0 atom stereocenters. The van der Waals surface area contributed by atoms with Gasteiger partial charge in [-0.3, -0.25) is 0 Å². The summed E-state index contributed by atoms with van der Waals surface area (Å²) in [5, 5.41) is 2.43. The molecule has 0 amide bonds. The van der Waals surface area contributed by atoms with Crippen molar-refractivity contribution in [3.05, 3.63) is 66.3 Å². The second-order valence-corrected chi connectivity index (χ2v) is 4.91. The highest BCUT2D eigenvalue weighted by Crippen LogP contribution is 2.16. The van der Waals surface area contributed by atoms with Crippen LogP contribution in [0.5, 0.6) is 0 Å². The van der Waals surface area contributed by atoms with Crippen LogP contribution in [0, 0.1) is 0 Å². The van der Waals surface area contributed by atoms with Crippen molar-refractivity contribution in [2.45, 2.75) is 19.3 Å². The van der Waals surface area contributed by atoms with Gasteiger partial charge in [-0.1, -0.05) is 73.9 Å². The molecular weight excluding hydrogens is 260 g/mol. The first-order valence-corrected chi connectivity index (χ1v) is 7.21. The molecule has 1 aliphatic carbocycles. The summed E-state index contributed by atoms with van der Waals surface area (Å²) in [6, 6.07) is 14.4. The summed E-state index contributed by atoms with van der Waals surface area (Å²) in [4.78, 5) is 10.9. The van der Waals surface area contributed by atoms with Gasteiger partial charge in [0, 0.05) is 6.08 Å². The Labute approximate surface area is 125 Å². The summed E-state index contributed by atoms with van der Waals surface area (Å²) in [6.07, 6.45) is 11.3. The summed E-state index contributed by atoms with van der Waals surface area (Å²) in [5.74, 6) is -0.349. The molecule has 0 unspecified atom stereocenters. The molecule has 0 N–H and O–H groups in total. The molecule has 21 heavy (non-hydrogen) atoms. The van der Waals surface area contributed by atoms with E-state index in [0.29, 0.717) is 0 Å². The van der Waals surface area contributed by atoms with Crippen LogP contribution in [0.1, 0.15) is 24.8 Å². The first-order valence-electron chi connectivity index (χ1n) is 7.21. The van der Waals surface area contributed by atoms with Crippen LogP contribution in [0.3, 0.4) is 0 Å². The molecule has 0 aromatic heterocycles. The molecule has 2 aromatic rings. The second-order valence-electron chi connectivity index (χ2n) is 4.91. The zero-order valence-electron chi connectivity index (χ0n) is 12.3. The molecular formula is C19H20O2. The van der Waals surface area contributed by atoms with E-state index in [4.69, 9.17) is 0 Å². The fourth-order valence-corrected chi connectivity index (χ4v) is 1.68. The van der Waals surface area contributed by atoms with Gasteiger partial charge in [-0.15, -0.1) is 0 Å². The number of hydrogen-bond acceptors (Lipinski definition) is 2. The van der Waals surface area contributed by atoms with Crippen molar-refractivity contribution in [3.63, 3.8) is 0 Å². The van der Waals surface area contributed by atoms with Crippen molar-refractivity contribution < 1.29 is 9.53 Å². The summed E-state index contributed by atoms with van der Waals surface area (Å²) in [5.41, 5.74) is 1.10. The lowest BCUT2D eigenvalue weighted by atomic mass is 10.1. The smallest absolute Gasteiger partial charge is 0.330 e. The molecule has 2 heteroatoms. The number of fused-ring (bicyclic) bond motifs is 1. The van der Waals surface area contributed by atoms with E-state index in [1.165, 1.54) is 43.2 Å². The molecule has 108 valence electrons. The van der Waals surface area contributed by atoms with Gasteiger partial charge in [0.2, 0.25) is 0 Å². The maximum absolute atomic E-state index is 10.9. The van der Waals surface area contributed by atoms with E-state index in [2.05, 4.69) is 29.0 Å². The highest BCUT2D eigenvalue weighted by Gasteiger charge is 1.95. The summed E-state index contributed by atoms with van der Waals surface area (Å²) < 4.78 is 4.50. The number of ether oxygens (including phenoxy) is 1. The molecule has 0 spiro atoms. The second kappa shape index (κ2) is 8.05. The van der Waals surface area contributed by atoms with Crippen molar-refractivity contribution >= 4 is 22.8 Å². The predicted octanol–water partition coefficient (Wildman–Crippen LogP) is 4.75. The van der Waals surface area contributed by atoms with Gasteiger partial charge in [0.1, 0.15) is 0 Å². The van der Waals surface area contributed by atoms with Crippen LogP contribution in [-0.2, 0) is 9.53 Å². The summed E-state index contributed by atoms with van der Waals surface area (Å²) in [6.45, 7) is 0. The van der Waals surface area contributed by atoms with Crippen LogP contribution in [0.15, 0.2) is 60.7 Å². The van der Waals surface area contributed by atoms with E-state index in [9.17, 15) is 4.79 Å². The number of carbonyl (C=O) groups is 1. The Hall–Kier alpha value is -2.35. The molecule has 2 aromatic carbocycles. The van der Waals surface area contributed by atoms with Crippen LogP contribution in [0.25, 0.3) is 16.8 Å². The van der Waals surface area contributed by atoms with E-state index in [-0.39, 0.29) is 5.97 Å². The highest BCUT2D eigenvalue weighted by atomic mass is 16.5. The maximum Gasteiger partial charge on any atom is 0.330 e. The third kappa shape index (κ3) is 5.65. The van der Waals surface area contributed by atoms with Gasteiger partial charge >= 0.3 is 5.97 Å². The number of carbonyl (C=O) groups excluding carboxylic acids is 1. The largest absolute Gasteiger partial charge is 0.466 e. The molecule has 2 nitrogen and oxygen atoms in total. The van der Waals surface area contributed by atoms with Crippen molar-refractivity contribution in [2.24, 2.45) is 0 Å². The lowest BCUT2D eigenvalue weighted by molar-refractivity contribution is -0.134. The van der Waals surface area contributed by atoms with Gasteiger partial charge in [0.15, 0.2) is 0 Å². The van der Waals surface area contributed by atoms with Crippen molar-refractivity contribution in [1.82, 2.24) is 0 Å². The Morgan fingerprint density at radius 1 is 1.00 bits per heavy atom. The van der Waals surface area contributed by atoms with Crippen LogP contribution in [-0.4, -0.2) is 13.1 Å². The molecule has 0 bridgehead atoms. The van der Waals surface area contributed by atoms with E-state index in [1.807, 2.05) is 30.4 Å². The van der Waals surface area contributed by atoms with Crippen LogP contribution in [0.4, 0.5) is 0 Å². The Morgan fingerprint density at radius 3 is 2.38 bits per heavy atom. The minimum atomic E-state index is -0.349. The molecule has 0 saturated heterocycles. The quantitative estimate of drug-likeness (QED) is 0.460. The zero-order chi connectivity index (χ0) is 14.9. The number of hydrogen-bond donors (Lipinski definition) is 0. The van der Waals surface area contributed by atoms with E-state index in [0.717, 1.165) is 5.56 Å². The Kier molecular flexibility index (Phi) is 5.77. The highest BCUT2D eigenvalue weighted by molar-refractivity contribution is 5.85. The Balaban J connectivity index is 0.000000477. The van der Waals surface area contributed by atoms with E-state index >= 15 is 0 Å². The zero-order valence-corrected chi connectivity index (χ0v) is 12.3. The number of esters is 1. The minimum absolute atomic E-state index is 0.349. The van der Waals surface area contributed by atoms with Gasteiger partial charge in [-0.05, 0) is 22.4 Å². The topological polar surface area (TPSA) is 26.3 Å². The van der Waals surface area contributed by atoms with Crippen LogP contribution >= 0.6 is 0 Å². The summed E-state index contributed by atoms with van der Waals surface area (Å²) >= 11 is 0. The average Bonchev–Trinajstić information content (AvgIpc) is 3.40. The van der Waals surface area contributed by atoms with Crippen LogP contribution < -0.4 is 0 Å².